The molecule has 136 valence electrons. The van der Waals surface area contributed by atoms with E-state index in [0.29, 0.717) is 16.5 Å². The lowest BCUT2D eigenvalue weighted by molar-refractivity contribution is -0.137. The fourth-order valence-corrected chi connectivity index (χ4v) is 3.13. The lowest BCUT2D eigenvalue weighted by Crippen LogP contribution is -2.11. The molecule has 0 radical (unpaired) electrons. The topological polar surface area (TPSA) is 97.7 Å². The van der Waals surface area contributed by atoms with Crippen LogP contribution in [0.25, 0.3) is 28.1 Å². The maximum atomic E-state index is 11.8. The summed E-state index contributed by atoms with van der Waals surface area (Å²) in [6.07, 6.45) is 5.37. The number of aliphatic carboxylic acids is 1. The van der Waals surface area contributed by atoms with Gasteiger partial charge in [-0.1, -0.05) is 30.4 Å². The predicted molar refractivity (Wildman–Crippen MR) is 107 cm³/mol. The van der Waals surface area contributed by atoms with Crippen LogP contribution < -0.4 is 5.73 Å². The molecule has 3 N–H and O–H groups in total. The second kappa shape index (κ2) is 7.29. The Balaban J connectivity index is 2.16. The van der Waals surface area contributed by atoms with Gasteiger partial charge in [0.2, 0.25) is 0 Å². The van der Waals surface area contributed by atoms with Crippen molar-refractivity contribution in [3.05, 3.63) is 59.8 Å². The Hall–Kier alpha value is -3.67. The summed E-state index contributed by atoms with van der Waals surface area (Å²) in [4.78, 5) is 27.0. The van der Waals surface area contributed by atoms with Gasteiger partial charge in [-0.3, -0.25) is 14.6 Å². The Morgan fingerprint density at radius 3 is 2.56 bits per heavy atom. The standard InChI is InChI=1S/C21H19N3O3/c1-3-4-13-5-6-15(10-18(13)23-2)14-7-8-19-16(9-14)17(21(22)27)11-24(19)12-20(25)26/h3-11H,2,12H2,1H3,(H2,22,27)(H,25,26)/b4-3-. The molecule has 6 heteroatoms. The summed E-state index contributed by atoms with van der Waals surface area (Å²) in [6, 6.07) is 11.3. The van der Waals surface area contributed by atoms with Crippen LogP contribution in [0.4, 0.5) is 5.69 Å². The molecule has 0 saturated heterocycles. The number of aliphatic imine (C=N–C) groups is 1. The minimum atomic E-state index is -0.992. The van der Waals surface area contributed by atoms with E-state index in [1.54, 1.807) is 6.07 Å². The summed E-state index contributed by atoms with van der Waals surface area (Å²) in [5, 5.41) is 9.69. The fourth-order valence-electron chi connectivity index (χ4n) is 3.13. The maximum absolute atomic E-state index is 11.8. The Kier molecular flexibility index (Phi) is 4.90. The molecule has 0 fully saturated rings. The molecule has 1 amide bonds. The van der Waals surface area contributed by atoms with Crippen molar-refractivity contribution in [1.82, 2.24) is 4.57 Å². The van der Waals surface area contributed by atoms with Gasteiger partial charge in [0.05, 0.1) is 11.3 Å². The highest BCUT2D eigenvalue weighted by atomic mass is 16.4. The molecule has 27 heavy (non-hydrogen) atoms. The number of hydrogen-bond acceptors (Lipinski definition) is 3. The zero-order valence-corrected chi connectivity index (χ0v) is 14.8. The summed E-state index contributed by atoms with van der Waals surface area (Å²) in [5.41, 5.74) is 9.91. The first-order valence-corrected chi connectivity index (χ1v) is 8.33. The molecule has 1 heterocycles. The van der Waals surface area contributed by atoms with Gasteiger partial charge < -0.3 is 15.4 Å². The van der Waals surface area contributed by atoms with Crippen LogP contribution in [-0.4, -0.2) is 28.3 Å². The molecule has 0 saturated carbocycles. The minimum Gasteiger partial charge on any atom is -0.480 e. The molecule has 0 atom stereocenters. The summed E-state index contributed by atoms with van der Waals surface area (Å²) >= 11 is 0. The zero-order chi connectivity index (χ0) is 19.6. The number of nitrogens with two attached hydrogens (primary N) is 1. The molecule has 3 rings (SSSR count). The molecule has 0 unspecified atom stereocenters. The van der Waals surface area contributed by atoms with Gasteiger partial charge in [-0.05, 0) is 48.5 Å². The number of hydrogen-bond donors (Lipinski definition) is 2. The van der Waals surface area contributed by atoms with Crippen LogP contribution in [0.3, 0.4) is 0 Å². The van der Waals surface area contributed by atoms with Crippen LogP contribution in [0.1, 0.15) is 22.8 Å². The van der Waals surface area contributed by atoms with E-state index in [4.69, 9.17) is 10.8 Å². The summed E-state index contributed by atoms with van der Waals surface area (Å²) in [5.74, 6) is -1.59. The largest absolute Gasteiger partial charge is 0.480 e. The molecule has 1 aromatic heterocycles. The first-order chi connectivity index (χ1) is 12.9. The van der Waals surface area contributed by atoms with E-state index in [1.807, 2.05) is 49.4 Å². The molecule has 6 nitrogen and oxygen atoms in total. The van der Waals surface area contributed by atoms with E-state index >= 15 is 0 Å². The number of rotatable bonds is 6. The first-order valence-electron chi connectivity index (χ1n) is 8.33. The van der Waals surface area contributed by atoms with E-state index < -0.39 is 11.9 Å². The highest BCUT2D eigenvalue weighted by Gasteiger charge is 2.15. The van der Waals surface area contributed by atoms with Crippen LogP contribution in [0.2, 0.25) is 0 Å². The van der Waals surface area contributed by atoms with Crippen molar-refractivity contribution in [1.29, 1.82) is 0 Å². The molecule has 0 aliphatic rings. The van der Waals surface area contributed by atoms with Crippen molar-refractivity contribution in [2.75, 3.05) is 0 Å². The Morgan fingerprint density at radius 1 is 1.22 bits per heavy atom. The molecular formula is C21H19N3O3. The molecule has 0 aliphatic heterocycles. The highest BCUT2D eigenvalue weighted by molar-refractivity contribution is 6.07. The van der Waals surface area contributed by atoms with Crippen molar-refractivity contribution in [2.24, 2.45) is 10.7 Å². The number of amides is 1. The average Bonchev–Trinajstić information content (AvgIpc) is 2.99. The summed E-state index contributed by atoms with van der Waals surface area (Å²) in [7, 11) is 0. The van der Waals surface area contributed by atoms with Crippen LogP contribution in [0, 0.1) is 0 Å². The van der Waals surface area contributed by atoms with Crippen LogP contribution in [0.5, 0.6) is 0 Å². The van der Waals surface area contributed by atoms with Gasteiger partial charge >= 0.3 is 5.97 Å². The van der Waals surface area contributed by atoms with Crippen molar-refractivity contribution >= 4 is 41.3 Å². The van der Waals surface area contributed by atoms with E-state index in [2.05, 4.69) is 11.7 Å². The van der Waals surface area contributed by atoms with Gasteiger partial charge in [-0.2, -0.15) is 0 Å². The number of primary amides is 1. The number of allylic oxidation sites excluding steroid dienone is 1. The zero-order valence-electron chi connectivity index (χ0n) is 14.8. The third-order valence-electron chi connectivity index (χ3n) is 4.33. The van der Waals surface area contributed by atoms with Gasteiger partial charge in [0.15, 0.2) is 0 Å². The quantitative estimate of drug-likeness (QED) is 0.652. The fraction of sp³-hybridized carbons (Fsp3) is 0.0952. The van der Waals surface area contributed by atoms with Gasteiger partial charge in [-0.15, -0.1) is 0 Å². The van der Waals surface area contributed by atoms with Crippen molar-refractivity contribution in [3.8, 4) is 11.1 Å². The number of carboxylic acid groups (broad SMARTS) is 1. The van der Waals surface area contributed by atoms with Gasteiger partial charge in [0.1, 0.15) is 6.54 Å². The lowest BCUT2D eigenvalue weighted by atomic mass is 10.00. The van der Waals surface area contributed by atoms with Crippen LogP contribution in [0.15, 0.2) is 53.7 Å². The Bertz CT molecular complexity index is 1090. The van der Waals surface area contributed by atoms with E-state index in [0.717, 1.165) is 22.4 Å². The van der Waals surface area contributed by atoms with E-state index in [1.165, 1.54) is 10.8 Å². The van der Waals surface area contributed by atoms with Crippen LogP contribution >= 0.6 is 0 Å². The Morgan fingerprint density at radius 2 is 1.93 bits per heavy atom. The van der Waals surface area contributed by atoms with Gasteiger partial charge in [-0.25, -0.2) is 0 Å². The SMILES string of the molecule is C=Nc1cc(-c2ccc3c(c2)c(C(N)=O)cn3CC(=O)O)ccc1/C=C\C. The molecule has 3 aromatic rings. The summed E-state index contributed by atoms with van der Waals surface area (Å²) in [6.45, 7) is 5.31. The van der Waals surface area contributed by atoms with Crippen molar-refractivity contribution in [3.63, 3.8) is 0 Å². The number of carbonyl (C=O) groups is 2. The van der Waals surface area contributed by atoms with Crippen molar-refractivity contribution < 1.29 is 14.7 Å². The second-order valence-electron chi connectivity index (χ2n) is 6.09. The normalized spacial score (nSPS) is 11.1. The minimum absolute atomic E-state index is 0.244. The number of carbonyl (C=O) groups excluding carboxylic acids is 1. The second-order valence-corrected chi connectivity index (χ2v) is 6.09. The molecular weight excluding hydrogens is 342 g/mol. The average molecular weight is 361 g/mol. The number of carboxylic acids is 1. The number of aromatic nitrogens is 1. The molecule has 0 bridgehead atoms. The van der Waals surface area contributed by atoms with E-state index in [-0.39, 0.29) is 6.54 Å². The smallest absolute Gasteiger partial charge is 0.323 e. The van der Waals surface area contributed by atoms with Gasteiger partial charge in [0, 0.05) is 17.1 Å². The number of fused-ring (bicyclic) bond motifs is 1. The predicted octanol–water partition coefficient (Wildman–Crippen LogP) is 3.86. The molecule has 0 spiro atoms. The maximum Gasteiger partial charge on any atom is 0.323 e. The lowest BCUT2D eigenvalue weighted by Gasteiger charge is -2.07. The summed E-state index contributed by atoms with van der Waals surface area (Å²) < 4.78 is 1.51. The Labute approximate surface area is 156 Å². The van der Waals surface area contributed by atoms with Crippen LogP contribution in [-0.2, 0) is 11.3 Å². The third kappa shape index (κ3) is 3.50. The van der Waals surface area contributed by atoms with Crippen molar-refractivity contribution in [2.45, 2.75) is 13.5 Å². The highest BCUT2D eigenvalue weighted by Crippen LogP contribution is 2.32. The van der Waals surface area contributed by atoms with Gasteiger partial charge in [0.25, 0.3) is 5.91 Å². The monoisotopic (exact) mass is 361 g/mol. The molecule has 2 aromatic carbocycles. The molecule has 0 aliphatic carbocycles. The number of benzene rings is 2. The van der Waals surface area contributed by atoms with E-state index in [9.17, 15) is 9.59 Å². The number of nitrogens with zero attached hydrogens (tertiary/aromatic N) is 2. The third-order valence-corrected chi connectivity index (χ3v) is 4.33. The first kappa shape index (κ1) is 18.1.